The van der Waals surface area contributed by atoms with E-state index in [1.807, 2.05) is 24.3 Å². The van der Waals surface area contributed by atoms with E-state index in [2.05, 4.69) is 28.8 Å². The molecule has 1 aromatic heterocycles. The summed E-state index contributed by atoms with van der Waals surface area (Å²) in [7, 11) is 1.64. The molecule has 0 aliphatic rings. The lowest BCUT2D eigenvalue weighted by Gasteiger charge is -2.13. The van der Waals surface area contributed by atoms with Crippen molar-refractivity contribution in [1.82, 2.24) is 14.9 Å². The summed E-state index contributed by atoms with van der Waals surface area (Å²) in [5.74, 6) is 0.674. The molecule has 0 spiro atoms. The summed E-state index contributed by atoms with van der Waals surface area (Å²) in [5.41, 5.74) is 2.18. The molecular weight excluding hydrogens is 294 g/mol. The van der Waals surface area contributed by atoms with Crippen LogP contribution in [0.5, 0.6) is 5.88 Å². The van der Waals surface area contributed by atoms with Crippen LogP contribution in [0.2, 0.25) is 5.02 Å². The zero-order chi connectivity index (χ0) is 14.5. The standard InChI is InChI=1S/C14H18ClN3OS/c1-4-12-13(16-17-14(12)19-3)9(2)18-20-11-7-5-10(15)6-8-11/h5-9,18H,4H2,1-3H3,(H,16,17). The average Bonchev–Trinajstić information content (AvgIpc) is 2.89. The molecule has 2 rings (SSSR count). The van der Waals surface area contributed by atoms with Gasteiger partial charge in [0.2, 0.25) is 5.88 Å². The fraction of sp³-hybridized carbons (Fsp3) is 0.357. The minimum atomic E-state index is 0.141. The van der Waals surface area contributed by atoms with E-state index in [0.717, 1.165) is 27.6 Å². The second-order valence-corrected chi connectivity index (χ2v) is 5.72. The van der Waals surface area contributed by atoms with Crippen LogP contribution < -0.4 is 9.46 Å². The maximum Gasteiger partial charge on any atom is 0.235 e. The van der Waals surface area contributed by atoms with E-state index in [1.165, 1.54) is 0 Å². The molecule has 0 aliphatic carbocycles. The van der Waals surface area contributed by atoms with Crippen molar-refractivity contribution in [2.24, 2.45) is 0 Å². The maximum atomic E-state index is 5.87. The van der Waals surface area contributed by atoms with Crippen LogP contribution in [0.3, 0.4) is 0 Å². The first-order valence-electron chi connectivity index (χ1n) is 6.44. The van der Waals surface area contributed by atoms with Gasteiger partial charge in [0.25, 0.3) is 0 Å². The van der Waals surface area contributed by atoms with E-state index in [0.29, 0.717) is 5.88 Å². The fourth-order valence-electron chi connectivity index (χ4n) is 1.95. The lowest BCUT2D eigenvalue weighted by atomic mass is 10.1. The van der Waals surface area contributed by atoms with Crippen LogP contribution in [0.15, 0.2) is 29.2 Å². The van der Waals surface area contributed by atoms with E-state index >= 15 is 0 Å². The summed E-state index contributed by atoms with van der Waals surface area (Å²) in [6.45, 7) is 4.19. The highest BCUT2D eigenvalue weighted by Crippen LogP contribution is 2.27. The average molecular weight is 312 g/mol. The maximum absolute atomic E-state index is 5.87. The molecule has 4 nitrogen and oxygen atoms in total. The molecule has 2 N–H and O–H groups in total. The highest BCUT2D eigenvalue weighted by atomic mass is 35.5. The predicted octanol–water partition coefficient (Wildman–Crippen LogP) is 3.99. The first-order chi connectivity index (χ1) is 9.65. The second kappa shape index (κ2) is 7.02. The van der Waals surface area contributed by atoms with Crippen LogP contribution in [0.1, 0.15) is 31.1 Å². The van der Waals surface area contributed by atoms with E-state index in [1.54, 1.807) is 19.1 Å². The molecule has 0 bridgehead atoms. The monoisotopic (exact) mass is 311 g/mol. The third-order valence-corrected chi connectivity index (χ3v) is 4.24. The van der Waals surface area contributed by atoms with Gasteiger partial charge in [-0.25, -0.2) is 0 Å². The zero-order valence-corrected chi connectivity index (χ0v) is 13.3. The Hall–Kier alpha value is -1.17. The molecule has 0 amide bonds. The number of hydrogen-bond donors (Lipinski definition) is 2. The molecule has 0 saturated heterocycles. The van der Waals surface area contributed by atoms with Crippen molar-refractivity contribution in [3.05, 3.63) is 40.5 Å². The van der Waals surface area contributed by atoms with Crippen LogP contribution in [0.4, 0.5) is 0 Å². The molecule has 1 heterocycles. The molecule has 1 aromatic carbocycles. The molecule has 2 aromatic rings. The number of hydrogen-bond acceptors (Lipinski definition) is 4. The Labute approximate surface area is 128 Å². The second-order valence-electron chi connectivity index (χ2n) is 4.37. The Morgan fingerprint density at radius 1 is 1.40 bits per heavy atom. The zero-order valence-electron chi connectivity index (χ0n) is 11.7. The number of halogens is 1. The van der Waals surface area contributed by atoms with Crippen molar-refractivity contribution < 1.29 is 4.74 Å². The van der Waals surface area contributed by atoms with Crippen LogP contribution in [0, 0.1) is 0 Å². The number of rotatable bonds is 6. The quantitative estimate of drug-likeness (QED) is 0.792. The van der Waals surface area contributed by atoms with Crippen molar-refractivity contribution >= 4 is 23.5 Å². The number of nitrogens with zero attached hydrogens (tertiary/aromatic N) is 1. The van der Waals surface area contributed by atoms with Crippen LogP contribution in [0.25, 0.3) is 0 Å². The summed E-state index contributed by atoms with van der Waals surface area (Å²) >= 11 is 7.44. The van der Waals surface area contributed by atoms with E-state index in [4.69, 9.17) is 16.3 Å². The van der Waals surface area contributed by atoms with Crippen molar-refractivity contribution in [1.29, 1.82) is 0 Å². The number of methoxy groups -OCH3 is 1. The van der Waals surface area contributed by atoms with Crippen molar-refractivity contribution in [3.63, 3.8) is 0 Å². The molecule has 0 saturated carbocycles. The number of benzene rings is 1. The van der Waals surface area contributed by atoms with Crippen LogP contribution in [-0.4, -0.2) is 17.3 Å². The molecule has 1 atom stereocenters. The molecule has 1 unspecified atom stereocenters. The summed E-state index contributed by atoms with van der Waals surface area (Å²) in [4.78, 5) is 1.12. The summed E-state index contributed by atoms with van der Waals surface area (Å²) in [5, 5.41) is 7.97. The van der Waals surface area contributed by atoms with Gasteiger partial charge in [0.1, 0.15) is 0 Å². The first-order valence-corrected chi connectivity index (χ1v) is 7.64. The van der Waals surface area contributed by atoms with E-state index in [-0.39, 0.29) is 6.04 Å². The summed E-state index contributed by atoms with van der Waals surface area (Å²) in [6.07, 6.45) is 0.882. The Kier molecular flexibility index (Phi) is 5.34. The smallest absolute Gasteiger partial charge is 0.235 e. The molecule has 6 heteroatoms. The lowest BCUT2D eigenvalue weighted by Crippen LogP contribution is -2.12. The Morgan fingerprint density at radius 3 is 2.70 bits per heavy atom. The molecular formula is C14H18ClN3OS. The van der Waals surface area contributed by atoms with Crippen molar-refractivity contribution in [2.75, 3.05) is 7.11 Å². The van der Waals surface area contributed by atoms with Gasteiger partial charge < -0.3 is 4.74 Å². The van der Waals surface area contributed by atoms with Gasteiger partial charge in [-0.15, -0.1) is 5.10 Å². The lowest BCUT2D eigenvalue weighted by molar-refractivity contribution is 0.393. The number of aromatic amines is 1. The third-order valence-electron chi connectivity index (χ3n) is 3.01. The highest BCUT2D eigenvalue weighted by molar-refractivity contribution is 7.97. The van der Waals surface area contributed by atoms with E-state index < -0.39 is 0 Å². The molecule has 20 heavy (non-hydrogen) atoms. The Balaban J connectivity index is 2.03. The Morgan fingerprint density at radius 2 is 2.10 bits per heavy atom. The van der Waals surface area contributed by atoms with Gasteiger partial charge in [0.15, 0.2) is 0 Å². The SMILES string of the molecule is CCc1c(OC)n[nH]c1C(C)NSc1ccc(Cl)cc1. The summed E-state index contributed by atoms with van der Waals surface area (Å²) < 4.78 is 8.64. The number of H-pyrrole nitrogens is 1. The minimum Gasteiger partial charge on any atom is -0.480 e. The van der Waals surface area contributed by atoms with Gasteiger partial charge >= 0.3 is 0 Å². The van der Waals surface area contributed by atoms with E-state index in [9.17, 15) is 0 Å². The summed E-state index contributed by atoms with van der Waals surface area (Å²) in [6, 6.07) is 7.88. The molecule has 0 aliphatic heterocycles. The molecule has 0 radical (unpaired) electrons. The third kappa shape index (κ3) is 3.48. The van der Waals surface area contributed by atoms with Gasteiger partial charge in [-0.05, 0) is 49.6 Å². The van der Waals surface area contributed by atoms with Gasteiger partial charge in [-0.3, -0.25) is 9.82 Å². The topological polar surface area (TPSA) is 49.9 Å². The minimum absolute atomic E-state index is 0.141. The molecule has 108 valence electrons. The van der Waals surface area contributed by atoms with Crippen LogP contribution in [-0.2, 0) is 6.42 Å². The number of nitrogens with one attached hydrogen (secondary N) is 2. The number of aromatic nitrogens is 2. The van der Waals surface area contributed by atoms with Crippen molar-refractivity contribution in [3.8, 4) is 5.88 Å². The van der Waals surface area contributed by atoms with Gasteiger partial charge in [-0.2, -0.15) is 0 Å². The largest absolute Gasteiger partial charge is 0.480 e. The predicted molar refractivity (Wildman–Crippen MR) is 83.4 cm³/mol. The fourth-order valence-corrected chi connectivity index (χ4v) is 2.78. The normalized spacial score (nSPS) is 12.4. The van der Waals surface area contributed by atoms with Gasteiger partial charge in [0, 0.05) is 15.5 Å². The van der Waals surface area contributed by atoms with Crippen molar-refractivity contribution in [2.45, 2.75) is 31.2 Å². The molecule has 0 fully saturated rings. The van der Waals surface area contributed by atoms with Crippen LogP contribution >= 0.6 is 23.5 Å². The Bertz CT molecular complexity index is 556. The number of ether oxygens (including phenoxy) is 1. The first kappa shape index (κ1) is 15.2. The highest BCUT2D eigenvalue weighted by Gasteiger charge is 2.17. The van der Waals surface area contributed by atoms with Gasteiger partial charge in [0.05, 0.1) is 18.8 Å². The van der Waals surface area contributed by atoms with Gasteiger partial charge in [-0.1, -0.05) is 18.5 Å².